The van der Waals surface area contributed by atoms with E-state index in [1.165, 1.54) is 6.92 Å². The van der Waals surface area contributed by atoms with E-state index in [1.807, 2.05) is 0 Å². The summed E-state index contributed by atoms with van der Waals surface area (Å²) in [4.78, 5) is 55.2. The smallest absolute Gasteiger partial charge is 0.268 e. The topological polar surface area (TPSA) is 130 Å². The molecule has 0 saturated carbocycles. The second-order valence-corrected chi connectivity index (χ2v) is 4.92. The Labute approximate surface area is 126 Å². The molecule has 0 bridgehead atoms. The van der Waals surface area contributed by atoms with Gasteiger partial charge in [0.05, 0.1) is 18.7 Å². The van der Waals surface area contributed by atoms with Crippen LogP contribution in [0.4, 0.5) is 0 Å². The number of hydrogen-bond donors (Lipinski definition) is 3. The van der Waals surface area contributed by atoms with Crippen LogP contribution in [-0.2, 0) is 20.9 Å². The molecule has 120 valence electrons. The highest BCUT2D eigenvalue weighted by atomic mass is 16.3. The highest BCUT2D eigenvalue weighted by Gasteiger charge is 2.19. The lowest BCUT2D eigenvalue weighted by Crippen LogP contribution is -2.38. The van der Waals surface area contributed by atoms with Gasteiger partial charge in [0.1, 0.15) is 0 Å². The lowest BCUT2D eigenvalue weighted by atomic mass is 10.1. The van der Waals surface area contributed by atoms with Crippen molar-refractivity contribution in [3.63, 3.8) is 0 Å². The number of ketones is 1. The van der Waals surface area contributed by atoms with E-state index in [9.17, 15) is 24.0 Å². The van der Waals surface area contributed by atoms with Gasteiger partial charge in [-0.3, -0.25) is 24.0 Å². The number of hydrogen-bond acceptors (Lipinski definition) is 6. The van der Waals surface area contributed by atoms with Crippen LogP contribution in [0, 0.1) is 0 Å². The normalized spacial score (nSPS) is 10.4. The second kappa shape index (κ2) is 8.06. The maximum Gasteiger partial charge on any atom is 0.268 e. The lowest BCUT2D eigenvalue weighted by molar-refractivity contribution is -0.124. The molecule has 0 aliphatic heterocycles. The third-order valence-corrected chi connectivity index (χ3v) is 3.09. The summed E-state index contributed by atoms with van der Waals surface area (Å²) in [5.74, 6) is -1.30. The van der Waals surface area contributed by atoms with Gasteiger partial charge in [0.2, 0.25) is 17.2 Å². The first-order valence-electron chi connectivity index (χ1n) is 6.87. The van der Waals surface area contributed by atoms with Gasteiger partial charge in [-0.25, -0.2) is 0 Å². The number of carbonyl (C=O) groups excluding carboxylic acids is 3. The quantitative estimate of drug-likeness (QED) is 0.391. The van der Waals surface area contributed by atoms with Crippen molar-refractivity contribution in [1.82, 2.24) is 10.6 Å². The van der Waals surface area contributed by atoms with Crippen molar-refractivity contribution >= 4 is 17.6 Å². The molecule has 0 fully saturated rings. The molecule has 3 N–H and O–H groups in total. The first kappa shape index (κ1) is 17.5. The Bertz CT molecular complexity index is 642. The predicted octanol–water partition coefficient (Wildman–Crippen LogP) is -1.13. The molecular formula is C14H18N2O6. The summed E-state index contributed by atoms with van der Waals surface area (Å²) in [6.07, 6.45) is 1.43. The third kappa shape index (κ3) is 5.12. The number of carbonyl (C=O) groups is 3. The van der Waals surface area contributed by atoms with Crippen LogP contribution in [0.3, 0.4) is 0 Å². The Morgan fingerprint density at radius 1 is 1.00 bits per heavy atom. The highest BCUT2D eigenvalue weighted by Crippen LogP contribution is 2.07. The minimum atomic E-state index is -0.929. The minimum absolute atomic E-state index is 0.00883. The van der Waals surface area contributed by atoms with Gasteiger partial charge in [-0.1, -0.05) is 0 Å². The molecule has 1 aromatic carbocycles. The van der Waals surface area contributed by atoms with Gasteiger partial charge < -0.3 is 15.7 Å². The Kier molecular flexibility index (Phi) is 6.43. The zero-order valence-electron chi connectivity index (χ0n) is 12.2. The summed E-state index contributed by atoms with van der Waals surface area (Å²) < 4.78 is 0. The van der Waals surface area contributed by atoms with Gasteiger partial charge in [-0.05, 0) is 12.8 Å². The largest absolute Gasteiger partial charge is 0.504 e. The molecule has 0 atom stereocenters. The minimum Gasteiger partial charge on any atom is -0.504 e. The van der Waals surface area contributed by atoms with Gasteiger partial charge in [0.15, 0.2) is 11.5 Å². The van der Waals surface area contributed by atoms with E-state index in [2.05, 4.69) is 10.6 Å². The Morgan fingerprint density at radius 2 is 1.64 bits per heavy atom. The zero-order valence-corrected chi connectivity index (χ0v) is 12.2. The Morgan fingerprint density at radius 3 is 2.23 bits per heavy atom. The molecule has 8 heteroatoms. The maximum absolute atomic E-state index is 11.5. The second-order valence-electron chi connectivity index (χ2n) is 4.92. The van der Waals surface area contributed by atoms with Crippen LogP contribution in [0.15, 0.2) is 9.59 Å². The van der Waals surface area contributed by atoms with Crippen LogP contribution < -0.4 is 21.5 Å². The predicted molar refractivity (Wildman–Crippen MR) is 77.0 cm³/mol. The third-order valence-electron chi connectivity index (χ3n) is 3.09. The molecule has 0 aromatic heterocycles. The number of amides is 2. The fourth-order valence-electron chi connectivity index (χ4n) is 1.79. The molecule has 0 radical (unpaired) electrons. The van der Waals surface area contributed by atoms with E-state index in [4.69, 9.17) is 5.11 Å². The standard InChI is InChI=1S/C14H18N2O6/c1-8(17)15-6-9(18)4-2-3-5-11(19)16-7-10-12(20)14(22)13(10)21/h20H,2-7H2,1H3,(H,15,17)(H,16,19). The van der Waals surface area contributed by atoms with Gasteiger partial charge >= 0.3 is 0 Å². The van der Waals surface area contributed by atoms with Crippen molar-refractivity contribution in [2.45, 2.75) is 39.2 Å². The lowest BCUT2D eigenvalue weighted by Gasteiger charge is -2.07. The molecule has 0 heterocycles. The van der Waals surface area contributed by atoms with Crippen LogP contribution in [0.2, 0.25) is 0 Å². The molecule has 22 heavy (non-hydrogen) atoms. The van der Waals surface area contributed by atoms with E-state index >= 15 is 0 Å². The molecule has 2 amide bonds. The first-order chi connectivity index (χ1) is 10.3. The summed E-state index contributed by atoms with van der Waals surface area (Å²) in [5.41, 5.74) is -1.79. The van der Waals surface area contributed by atoms with Gasteiger partial charge in [0, 0.05) is 19.8 Å². The average Bonchev–Trinajstić information content (AvgIpc) is 2.49. The maximum atomic E-state index is 11.5. The first-order valence-corrected chi connectivity index (χ1v) is 6.87. The van der Waals surface area contributed by atoms with Crippen molar-refractivity contribution < 1.29 is 19.5 Å². The van der Waals surface area contributed by atoms with Crippen molar-refractivity contribution in [2.24, 2.45) is 0 Å². The highest BCUT2D eigenvalue weighted by molar-refractivity contribution is 5.85. The van der Waals surface area contributed by atoms with E-state index in [0.29, 0.717) is 12.8 Å². The summed E-state index contributed by atoms with van der Waals surface area (Å²) in [7, 11) is 0. The average molecular weight is 310 g/mol. The van der Waals surface area contributed by atoms with Gasteiger partial charge in [-0.2, -0.15) is 0 Å². The molecule has 8 nitrogen and oxygen atoms in total. The molecule has 1 aromatic rings. The van der Waals surface area contributed by atoms with Crippen LogP contribution >= 0.6 is 0 Å². The zero-order chi connectivity index (χ0) is 16.7. The summed E-state index contributed by atoms with van der Waals surface area (Å²) >= 11 is 0. The molecular weight excluding hydrogens is 292 g/mol. The number of Topliss-reactive ketones (excluding diaryl/α,β-unsaturated/α-hetero) is 1. The molecule has 1 rings (SSSR count). The molecule has 0 aliphatic carbocycles. The van der Waals surface area contributed by atoms with E-state index in [1.54, 1.807) is 0 Å². The van der Waals surface area contributed by atoms with Gasteiger partial charge in [0.25, 0.3) is 5.43 Å². The molecule has 0 spiro atoms. The Balaban J connectivity index is 2.14. The van der Waals surface area contributed by atoms with Crippen molar-refractivity contribution in [2.75, 3.05) is 6.54 Å². The number of aromatic hydroxyl groups is 1. The monoisotopic (exact) mass is 310 g/mol. The number of rotatable bonds is 9. The van der Waals surface area contributed by atoms with E-state index in [-0.39, 0.29) is 49.1 Å². The molecule has 0 saturated heterocycles. The summed E-state index contributed by atoms with van der Waals surface area (Å²) in [6.45, 7) is 1.15. The summed E-state index contributed by atoms with van der Waals surface area (Å²) in [6, 6.07) is 0. The van der Waals surface area contributed by atoms with Crippen molar-refractivity contribution in [1.29, 1.82) is 0 Å². The Hall–Kier alpha value is -2.51. The number of unbranched alkanes of at least 4 members (excludes halogenated alkanes) is 1. The van der Waals surface area contributed by atoms with E-state index in [0.717, 1.165) is 0 Å². The van der Waals surface area contributed by atoms with Crippen molar-refractivity contribution in [3.05, 3.63) is 26.0 Å². The van der Waals surface area contributed by atoms with Crippen LogP contribution in [0.1, 0.15) is 38.2 Å². The van der Waals surface area contributed by atoms with Gasteiger partial charge in [-0.15, -0.1) is 0 Å². The van der Waals surface area contributed by atoms with Crippen LogP contribution in [0.5, 0.6) is 5.75 Å². The molecule has 0 unspecified atom stereocenters. The number of nitrogens with one attached hydrogen (secondary N) is 2. The molecule has 0 aliphatic rings. The van der Waals surface area contributed by atoms with Crippen molar-refractivity contribution in [3.8, 4) is 5.75 Å². The fraction of sp³-hybridized carbons (Fsp3) is 0.500. The SMILES string of the molecule is CC(=O)NCC(=O)CCCCC(=O)NCc1c(O)c(=O)c1=O. The van der Waals surface area contributed by atoms with E-state index < -0.39 is 16.6 Å². The van der Waals surface area contributed by atoms with Crippen LogP contribution in [-0.4, -0.2) is 29.2 Å². The van der Waals surface area contributed by atoms with Crippen LogP contribution in [0.25, 0.3) is 0 Å². The fourth-order valence-corrected chi connectivity index (χ4v) is 1.79. The summed E-state index contributed by atoms with van der Waals surface area (Å²) in [5, 5.41) is 13.9.